The fourth-order valence-corrected chi connectivity index (χ4v) is 3.76. The van der Waals surface area contributed by atoms with Gasteiger partial charge in [-0.3, -0.25) is 4.98 Å². The second kappa shape index (κ2) is 7.04. The predicted octanol–water partition coefficient (Wildman–Crippen LogP) is 5.05. The summed E-state index contributed by atoms with van der Waals surface area (Å²) in [6, 6.07) is 6.79. The number of allylic oxidation sites excluding steroid dienone is 7. The Morgan fingerprint density at radius 3 is 2.71 bits per heavy atom. The van der Waals surface area contributed by atoms with Crippen LogP contribution in [0.5, 0.6) is 0 Å². The molecule has 4 rings (SSSR count). The number of hydrogen-bond acceptors (Lipinski definition) is 2. The van der Waals surface area contributed by atoms with Crippen molar-refractivity contribution in [3.05, 3.63) is 83.9 Å². The highest BCUT2D eigenvalue weighted by Crippen LogP contribution is 2.30. The van der Waals surface area contributed by atoms with E-state index in [0.717, 1.165) is 37.9 Å². The van der Waals surface area contributed by atoms with Crippen LogP contribution in [0.4, 0.5) is 0 Å². The first-order valence-electron chi connectivity index (χ1n) is 8.99. The minimum absolute atomic E-state index is 0.617. The SMILES string of the molecule is C1=CCC(C2=CCN(C3CC=C(c4ccccn4)CC3)C=C2)=CC1. The second-order valence-corrected chi connectivity index (χ2v) is 6.69. The van der Waals surface area contributed by atoms with Crippen molar-refractivity contribution < 1.29 is 0 Å². The third-order valence-electron chi connectivity index (χ3n) is 5.19. The van der Waals surface area contributed by atoms with Crippen LogP contribution < -0.4 is 0 Å². The highest BCUT2D eigenvalue weighted by Gasteiger charge is 2.21. The Labute approximate surface area is 144 Å². The third kappa shape index (κ3) is 3.28. The summed E-state index contributed by atoms with van der Waals surface area (Å²) in [5.41, 5.74) is 5.44. The highest BCUT2D eigenvalue weighted by molar-refractivity contribution is 5.63. The van der Waals surface area contributed by atoms with Crippen LogP contribution >= 0.6 is 0 Å². The molecule has 0 saturated carbocycles. The smallest absolute Gasteiger partial charge is 0.0658 e. The van der Waals surface area contributed by atoms with E-state index in [4.69, 9.17) is 0 Å². The minimum Gasteiger partial charge on any atom is -0.370 e. The number of pyridine rings is 1. The Hall–Kier alpha value is -2.35. The Kier molecular flexibility index (Phi) is 4.46. The van der Waals surface area contributed by atoms with Gasteiger partial charge in [0.2, 0.25) is 0 Å². The molecule has 2 heterocycles. The lowest BCUT2D eigenvalue weighted by Crippen LogP contribution is -2.33. The lowest BCUT2D eigenvalue weighted by Gasteiger charge is -2.34. The highest BCUT2D eigenvalue weighted by atomic mass is 15.1. The zero-order chi connectivity index (χ0) is 16.2. The zero-order valence-electron chi connectivity index (χ0n) is 14.1. The lowest BCUT2D eigenvalue weighted by molar-refractivity contribution is 0.281. The molecule has 24 heavy (non-hydrogen) atoms. The van der Waals surface area contributed by atoms with Crippen LogP contribution in [0.1, 0.15) is 37.8 Å². The predicted molar refractivity (Wildman–Crippen MR) is 100 cm³/mol. The van der Waals surface area contributed by atoms with Crippen LogP contribution in [0.2, 0.25) is 0 Å². The molecule has 2 aliphatic carbocycles. The van der Waals surface area contributed by atoms with E-state index in [1.807, 2.05) is 12.3 Å². The summed E-state index contributed by atoms with van der Waals surface area (Å²) >= 11 is 0. The van der Waals surface area contributed by atoms with Crippen molar-refractivity contribution in [1.29, 1.82) is 0 Å². The third-order valence-corrected chi connectivity index (χ3v) is 5.19. The normalized spacial score (nSPS) is 23.6. The van der Waals surface area contributed by atoms with Crippen molar-refractivity contribution in [2.45, 2.75) is 38.1 Å². The number of hydrogen-bond donors (Lipinski definition) is 0. The van der Waals surface area contributed by atoms with E-state index < -0.39 is 0 Å². The maximum Gasteiger partial charge on any atom is 0.0658 e. The molecule has 0 bridgehead atoms. The van der Waals surface area contributed by atoms with Crippen molar-refractivity contribution in [2.75, 3.05) is 6.54 Å². The summed E-state index contributed by atoms with van der Waals surface area (Å²) in [7, 11) is 0. The van der Waals surface area contributed by atoms with Crippen LogP contribution in [0.25, 0.3) is 5.57 Å². The Morgan fingerprint density at radius 1 is 1.04 bits per heavy atom. The topological polar surface area (TPSA) is 16.1 Å². The van der Waals surface area contributed by atoms with Gasteiger partial charge >= 0.3 is 0 Å². The summed E-state index contributed by atoms with van der Waals surface area (Å²) in [6.45, 7) is 1.03. The Morgan fingerprint density at radius 2 is 2.04 bits per heavy atom. The van der Waals surface area contributed by atoms with E-state index in [2.05, 4.69) is 64.7 Å². The average Bonchev–Trinajstić information content (AvgIpc) is 2.70. The number of nitrogens with zero attached hydrogens (tertiary/aromatic N) is 2. The lowest BCUT2D eigenvalue weighted by atomic mass is 9.91. The van der Waals surface area contributed by atoms with Crippen molar-refractivity contribution in [3.8, 4) is 0 Å². The number of aromatic nitrogens is 1. The molecule has 0 amide bonds. The van der Waals surface area contributed by atoms with E-state index >= 15 is 0 Å². The van der Waals surface area contributed by atoms with Crippen molar-refractivity contribution in [2.24, 2.45) is 0 Å². The molecule has 1 unspecified atom stereocenters. The first-order valence-corrected chi connectivity index (χ1v) is 8.99. The molecule has 1 aromatic rings. The van der Waals surface area contributed by atoms with Crippen LogP contribution in [-0.4, -0.2) is 22.5 Å². The molecule has 3 aliphatic rings. The largest absolute Gasteiger partial charge is 0.370 e. The van der Waals surface area contributed by atoms with Gasteiger partial charge in [-0.15, -0.1) is 0 Å². The molecule has 0 N–H and O–H groups in total. The van der Waals surface area contributed by atoms with Gasteiger partial charge in [0.05, 0.1) is 5.69 Å². The Balaban J connectivity index is 1.38. The quantitative estimate of drug-likeness (QED) is 0.725. The Bertz CT molecular complexity index is 734. The molecule has 0 fully saturated rings. The van der Waals surface area contributed by atoms with Crippen molar-refractivity contribution in [3.63, 3.8) is 0 Å². The summed E-state index contributed by atoms with van der Waals surface area (Å²) in [5.74, 6) is 0. The van der Waals surface area contributed by atoms with Crippen LogP contribution in [0.3, 0.4) is 0 Å². The standard InChI is InChI=1S/C22H24N2/c1-2-6-18(7-3-1)19-13-16-24(17-14-19)21-11-9-20(10-12-21)22-8-4-5-15-23-22/h1-2,4-5,7-9,13-16,21H,3,6,10-12,17H2. The summed E-state index contributed by atoms with van der Waals surface area (Å²) < 4.78 is 0. The van der Waals surface area contributed by atoms with E-state index in [1.54, 1.807) is 0 Å². The molecule has 1 aromatic heterocycles. The maximum atomic E-state index is 4.48. The van der Waals surface area contributed by atoms with Crippen molar-refractivity contribution in [1.82, 2.24) is 9.88 Å². The van der Waals surface area contributed by atoms with Gasteiger partial charge in [-0.1, -0.05) is 36.4 Å². The van der Waals surface area contributed by atoms with Gasteiger partial charge in [-0.2, -0.15) is 0 Å². The first kappa shape index (κ1) is 15.2. The molecule has 0 aromatic carbocycles. The average molecular weight is 316 g/mol. The molecule has 2 heteroatoms. The molecule has 122 valence electrons. The van der Waals surface area contributed by atoms with Crippen molar-refractivity contribution >= 4 is 5.57 Å². The monoisotopic (exact) mass is 316 g/mol. The molecule has 2 nitrogen and oxygen atoms in total. The van der Waals surface area contributed by atoms with Gasteiger partial charge in [0.15, 0.2) is 0 Å². The fraction of sp³-hybridized carbons (Fsp3) is 0.318. The van der Waals surface area contributed by atoms with Crippen LogP contribution in [-0.2, 0) is 0 Å². The molecule has 0 spiro atoms. The van der Waals surface area contributed by atoms with Gasteiger partial charge in [0, 0.05) is 25.0 Å². The molecular formula is C22H24N2. The minimum atomic E-state index is 0.617. The molecule has 0 radical (unpaired) electrons. The van der Waals surface area contributed by atoms with Crippen LogP contribution in [0, 0.1) is 0 Å². The summed E-state index contributed by atoms with van der Waals surface area (Å²) in [5, 5.41) is 0. The zero-order valence-corrected chi connectivity index (χ0v) is 14.1. The summed E-state index contributed by atoms with van der Waals surface area (Å²) in [4.78, 5) is 6.98. The van der Waals surface area contributed by atoms with E-state index in [-0.39, 0.29) is 0 Å². The van der Waals surface area contributed by atoms with E-state index in [1.165, 1.54) is 23.1 Å². The second-order valence-electron chi connectivity index (χ2n) is 6.69. The van der Waals surface area contributed by atoms with Gasteiger partial charge < -0.3 is 4.90 Å². The number of rotatable bonds is 3. The van der Waals surface area contributed by atoms with Gasteiger partial charge in [-0.25, -0.2) is 0 Å². The van der Waals surface area contributed by atoms with Gasteiger partial charge in [-0.05, 0) is 67.0 Å². The first-order chi connectivity index (χ1) is 11.9. The van der Waals surface area contributed by atoms with E-state index in [9.17, 15) is 0 Å². The van der Waals surface area contributed by atoms with Gasteiger partial charge in [0.25, 0.3) is 0 Å². The molecule has 1 atom stereocenters. The fourth-order valence-electron chi connectivity index (χ4n) is 3.76. The maximum absolute atomic E-state index is 4.48. The molecular weight excluding hydrogens is 292 g/mol. The van der Waals surface area contributed by atoms with E-state index in [0.29, 0.717) is 6.04 Å². The summed E-state index contributed by atoms with van der Waals surface area (Å²) in [6.07, 6.45) is 23.8. The molecule has 0 saturated heterocycles. The van der Waals surface area contributed by atoms with Gasteiger partial charge in [0.1, 0.15) is 0 Å². The van der Waals surface area contributed by atoms with Crippen LogP contribution in [0.15, 0.2) is 78.2 Å². The molecule has 1 aliphatic heterocycles.